The van der Waals surface area contributed by atoms with E-state index in [-0.39, 0.29) is 17.5 Å². The summed E-state index contributed by atoms with van der Waals surface area (Å²) in [6.45, 7) is 3.54. The van der Waals surface area contributed by atoms with Gasteiger partial charge in [0.1, 0.15) is 11.5 Å². The van der Waals surface area contributed by atoms with Gasteiger partial charge in [-0.1, -0.05) is 18.2 Å². The summed E-state index contributed by atoms with van der Waals surface area (Å²) in [4.78, 5) is 11.9. The Morgan fingerprint density at radius 3 is 2.21 bits per heavy atom. The van der Waals surface area contributed by atoms with Crippen LogP contribution in [0.2, 0.25) is 0 Å². The average molecular weight is 413 g/mol. The molecule has 28 heavy (non-hydrogen) atoms. The molecule has 1 amide bonds. The van der Waals surface area contributed by atoms with Crippen LogP contribution in [0.5, 0.6) is 11.5 Å². The summed E-state index contributed by atoms with van der Waals surface area (Å²) in [6.07, 6.45) is -4.75. The molecule has 2 aromatic carbocycles. The fourth-order valence-corrected chi connectivity index (χ4v) is 2.40. The number of nitrogens with one attached hydrogen (secondary N) is 3. The van der Waals surface area contributed by atoms with Crippen LogP contribution in [0.4, 0.5) is 18.9 Å². The standard InChI is InChI=1S/C18H18F3N3O3S/c1-11-4-3-5-12(2)16(11)26-10-15(25)23-24-17(28)22-13-6-8-14(9-7-13)27-18(19,20)21/h3-9H,10H2,1-2H3,(H,23,25)(H2,22,24,28). The third-order valence-corrected chi connectivity index (χ3v) is 3.62. The van der Waals surface area contributed by atoms with Gasteiger partial charge in [0, 0.05) is 5.69 Å². The second-order valence-electron chi connectivity index (χ2n) is 5.71. The third-order valence-electron chi connectivity index (χ3n) is 3.42. The zero-order valence-corrected chi connectivity index (χ0v) is 15.8. The quantitative estimate of drug-likeness (QED) is 0.514. The Morgan fingerprint density at radius 2 is 1.64 bits per heavy atom. The summed E-state index contributed by atoms with van der Waals surface area (Å²) in [5.41, 5.74) is 7.08. The summed E-state index contributed by atoms with van der Waals surface area (Å²) in [6, 6.07) is 10.6. The molecule has 0 heterocycles. The summed E-state index contributed by atoms with van der Waals surface area (Å²) in [7, 11) is 0. The molecule has 0 aliphatic carbocycles. The number of anilines is 1. The molecule has 0 fully saturated rings. The molecule has 0 saturated heterocycles. The van der Waals surface area contributed by atoms with Gasteiger partial charge in [-0.15, -0.1) is 13.2 Å². The van der Waals surface area contributed by atoms with Gasteiger partial charge in [-0.25, -0.2) is 0 Å². The van der Waals surface area contributed by atoms with Crippen LogP contribution < -0.4 is 25.6 Å². The van der Waals surface area contributed by atoms with Crippen LogP contribution in [-0.2, 0) is 4.79 Å². The van der Waals surface area contributed by atoms with Crippen LogP contribution in [0.1, 0.15) is 11.1 Å². The van der Waals surface area contributed by atoms with Crippen molar-refractivity contribution in [3.63, 3.8) is 0 Å². The van der Waals surface area contributed by atoms with E-state index in [0.29, 0.717) is 11.4 Å². The maximum atomic E-state index is 12.1. The number of rotatable bonds is 5. The highest BCUT2D eigenvalue weighted by Gasteiger charge is 2.30. The fraction of sp³-hybridized carbons (Fsp3) is 0.222. The van der Waals surface area contributed by atoms with E-state index < -0.39 is 12.3 Å². The van der Waals surface area contributed by atoms with Crippen LogP contribution in [0.3, 0.4) is 0 Å². The van der Waals surface area contributed by atoms with E-state index in [0.717, 1.165) is 23.3 Å². The van der Waals surface area contributed by atoms with Gasteiger partial charge in [-0.3, -0.25) is 15.6 Å². The Hall–Kier alpha value is -3.01. The zero-order chi connectivity index (χ0) is 20.7. The highest BCUT2D eigenvalue weighted by atomic mass is 32.1. The Balaban J connectivity index is 1.76. The second kappa shape index (κ2) is 9.27. The third kappa shape index (κ3) is 6.95. The average Bonchev–Trinajstić information content (AvgIpc) is 2.60. The Kier molecular flexibility index (Phi) is 7.05. The number of ether oxygens (including phenoxy) is 2. The van der Waals surface area contributed by atoms with Crippen molar-refractivity contribution < 1.29 is 27.4 Å². The summed E-state index contributed by atoms with van der Waals surface area (Å²) in [5, 5.41) is 2.75. The first-order valence-corrected chi connectivity index (χ1v) is 8.45. The van der Waals surface area contributed by atoms with Crippen molar-refractivity contribution in [1.29, 1.82) is 0 Å². The number of thiocarbonyl (C=S) groups is 1. The predicted octanol–water partition coefficient (Wildman–Crippen LogP) is 3.60. The Labute approximate surface area is 165 Å². The maximum absolute atomic E-state index is 12.1. The van der Waals surface area contributed by atoms with Gasteiger partial charge in [-0.05, 0) is 61.5 Å². The SMILES string of the molecule is Cc1cccc(C)c1OCC(=O)NNC(=S)Nc1ccc(OC(F)(F)F)cc1. The van der Waals surface area contributed by atoms with E-state index >= 15 is 0 Å². The predicted molar refractivity (Wildman–Crippen MR) is 102 cm³/mol. The number of aryl methyl sites for hydroxylation is 2. The second-order valence-corrected chi connectivity index (χ2v) is 6.12. The number of alkyl halides is 3. The van der Waals surface area contributed by atoms with E-state index in [2.05, 4.69) is 20.9 Å². The lowest BCUT2D eigenvalue weighted by atomic mass is 10.1. The first kappa shape index (κ1) is 21.3. The van der Waals surface area contributed by atoms with E-state index in [4.69, 9.17) is 17.0 Å². The molecule has 0 aromatic heterocycles. The molecule has 0 saturated carbocycles. The lowest BCUT2D eigenvalue weighted by Gasteiger charge is -2.14. The van der Waals surface area contributed by atoms with E-state index in [1.165, 1.54) is 12.1 Å². The minimum absolute atomic E-state index is 0.0462. The molecular formula is C18H18F3N3O3S. The maximum Gasteiger partial charge on any atom is 0.573 e. The number of para-hydroxylation sites is 1. The molecule has 0 bridgehead atoms. The number of carbonyl (C=O) groups is 1. The smallest absolute Gasteiger partial charge is 0.483 e. The molecule has 0 aliphatic heterocycles. The molecule has 0 aliphatic rings. The largest absolute Gasteiger partial charge is 0.573 e. The van der Waals surface area contributed by atoms with Crippen molar-refractivity contribution in [2.45, 2.75) is 20.2 Å². The van der Waals surface area contributed by atoms with Crippen molar-refractivity contribution in [2.24, 2.45) is 0 Å². The van der Waals surface area contributed by atoms with Crippen molar-refractivity contribution >= 4 is 28.9 Å². The van der Waals surface area contributed by atoms with E-state index in [9.17, 15) is 18.0 Å². The number of hydrogen-bond acceptors (Lipinski definition) is 4. The van der Waals surface area contributed by atoms with Crippen molar-refractivity contribution in [1.82, 2.24) is 10.9 Å². The first-order valence-electron chi connectivity index (χ1n) is 8.05. The van der Waals surface area contributed by atoms with Crippen LogP contribution in [0, 0.1) is 13.8 Å². The van der Waals surface area contributed by atoms with E-state index in [1.807, 2.05) is 32.0 Å². The molecular weight excluding hydrogens is 395 g/mol. The van der Waals surface area contributed by atoms with Crippen LogP contribution >= 0.6 is 12.2 Å². The van der Waals surface area contributed by atoms with Crippen molar-refractivity contribution in [3.05, 3.63) is 53.6 Å². The van der Waals surface area contributed by atoms with Gasteiger partial charge >= 0.3 is 6.36 Å². The van der Waals surface area contributed by atoms with Gasteiger partial charge in [0.15, 0.2) is 11.7 Å². The summed E-state index contributed by atoms with van der Waals surface area (Å²) >= 11 is 5.01. The molecule has 0 atom stereocenters. The van der Waals surface area contributed by atoms with Crippen LogP contribution in [-0.4, -0.2) is 24.0 Å². The molecule has 0 spiro atoms. The summed E-state index contributed by atoms with van der Waals surface area (Å²) in [5.74, 6) is -0.172. The van der Waals surface area contributed by atoms with Crippen LogP contribution in [0.15, 0.2) is 42.5 Å². The van der Waals surface area contributed by atoms with Gasteiger partial charge in [0.2, 0.25) is 0 Å². The molecule has 3 N–H and O–H groups in total. The molecule has 0 unspecified atom stereocenters. The molecule has 6 nitrogen and oxygen atoms in total. The van der Waals surface area contributed by atoms with E-state index in [1.54, 1.807) is 0 Å². The van der Waals surface area contributed by atoms with Crippen molar-refractivity contribution in [2.75, 3.05) is 11.9 Å². The van der Waals surface area contributed by atoms with Gasteiger partial charge < -0.3 is 14.8 Å². The summed E-state index contributed by atoms with van der Waals surface area (Å²) < 4.78 is 45.7. The number of hydrogen-bond donors (Lipinski definition) is 3. The fourth-order valence-electron chi connectivity index (χ4n) is 2.23. The normalized spacial score (nSPS) is 10.8. The Bertz CT molecular complexity index is 822. The molecule has 0 radical (unpaired) electrons. The number of benzene rings is 2. The zero-order valence-electron chi connectivity index (χ0n) is 15.0. The Morgan fingerprint density at radius 1 is 1.04 bits per heavy atom. The number of hydrazine groups is 1. The number of halogens is 3. The molecule has 2 rings (SSSR count). The minimum Gasteiger partial charge on any atom is -0.483 e. The highest BCUT2D eigenvalue weighted by molar-refractivity contribution is 7.80. The van der Waals surface area contributed by atoms with Gasteiger partial charge in [0.25, 0.3) is 5.91 Å². The minimum atomic E-state index is -4.75. The lowest BCUT2D eigenvalue weighted by molar-refractivity contribution is -0.274. The van der Waals surface area contributed by atoms with Crippen LogP contribution in [0.25, 0.3) is 0 Å². The topological polar surface area (TPSA) is 71.6 Å². The molecule has 150 valence electrons. The highest BCUT2D eigenvalue weighted by Crippen LogP contribution is 2.24. The first-order chi connectivity index (χ1) is 13.1. The van der Waals surface area contributed by atoms with Gasteiger partial charge in [0.05, 0.1) is 0 Å². The number of carbonyl (C=O) groups excluding carboxylic acids is 1. The molecule has 10 heteroatoms. The lowest BCUT2D eigenvalue weighted by Crippen LogP contribution is -2.45. The number of amides is 1. The molecule has 2 aromatic rings. The monoisotopic (exact) mass is 413 g/mol. The van der Waals surface area contributed by atoms with Crippen molar-refractivity contribution in [3.8, 4) is 11.5 Å². The van der Waals surface area contributed by atoms with Gasteiger partial charge in [-0.2, -0.15) is 0 Å².